The van der Waals surface area contributed by atoms with Crippen molar-refractivity contribution in [1.29, 1.82) is 0 Å². The van der Waals surface area contributed by atoms with Crippen LogP contribution >= 0.6 is 23.5 Å². The number of hydrogen-bond donors (Lipinski definition) is 0. The Bertz CT molecular complexity index is 1520. The van der Waals surface area contributed by atoms with Gasteiger partial charge in [-0.15, -0.1) is 0 Å². The number of para-hydroxylation sites is 1. The van der Waals surface area contributed by atoms with E-state index < -0.39 is 0 Å². The highest BCUT2D eigenvalue weighted by molar-refractivity contribution is 8.20. The molecule has 2 aliphatic rings. The molecule has 4 nitrogen and oxygen atoms in total. The van der Waals surface area contributed by atoms with Gasteiger partial charge in [0.1, 0.15) is 4.91 Å². The monoisotopic (exact) mass is 479 g/mol. The van der Waals surface area contributed by atoms with Crippen molar-refractivity contribution < 1.29 is 4.79 Å². The molecule has 4 aromatic rings. The maximum Gasteiger partial charge on any atom is 0.274 e. The molecule has 2 aliphatic heterocycles. The van der Waals surface area contributed by atoms with Crippen molar-refractivity contribution in [1.82, 2.24) is 0 Å². The Morgan fingerprint density at radius 3 is 2.44 bits per heavy atom. The molecule has 0 unspecified atom stereocenters. The number of aryl methyl sites for hydroxylation is 1. The van der Waals surface area contributed by atoms with Crippen molar-refractivity contribution >= 4 is 62.4 Å². The molecule has 0 spiro atoms. The number of rotatable bonds is 2. The van der Waals surface area contributed by atoms with Gasteiger partial charge in [-0.05, 0) is 60.0 Å². The number of fused-ring (bicyclic) bond motifs is 2. The van der Waals surface area contributed by atoms with Gasteiger partial charge >= 0.3 is 0 Å². The highest BCUT2D eigenvalue weighted by Gasteiger charge is 2.40. The van der Waals surface area contributed by atoms with Crippen LogP contribution in [0.1, 0.15) is 5.56 Å². The van der Waals surface area contributed by atoms with Crippen LogP contribution < -0.4 is 9.80 Å². The van der Waals surface area contributed by atoms with E-state index in [4.69, 9.17) is 4.99 Å². The average molecular weight is 480 g/mol. The largest absolute Gasteiger partial charge is 0.337 e. The molecule has 2 heterocycles. The lowest BCUT2D eigenvalue weighted by Crippen LogP contribution is -2.29. The standard InChI is InChI=1S/C28H21N3OS2/c1-18-9-7-12-20(17-18)31-26(32)25(27-30(2)23-15-5-6-16-24(23)33-27)34-28(31)29-22-14-8-11-19-10-3-4-13-21(19)22/h3-17H,1-2H3/b27-25-,29-28?. The van der Waals surface area contributed by atoms with E-state index in [1.165, 1.54) is 11.8 Å². The minimum Gasteiger partial charge on any atom is -0.337 e. The Balaban J connectivity index is 1.51. The van der Waals surface area contributed by atoms with E-state index in [9.17, 15) is 4.79 Å². The number of carbonyl (C=O) groups excluding carboxylic acids is 1. The van der Waals surface area contributed by atoms with E-state index in [1.54, 1.807) is 16.7 Å². The molecule has 0 bridgehead atoms. The van der Waals surface area contributed by atoms with Crippen LogP contribution in [0.25, 0.3) is 10.8 Å². The van der Waals surface area contributed by atoms with Gasteiger partial charge in [0.2, 0.25) is 0 Å². The molecule has 0 aromatic heterocycles. The number of nitrogens with zero attached hydrogens (tertiary/aromatic N) is 3. The first-order chi connectivity index (χ1) is 16.6. The number of carbonyl (C=O) groups is 1. The predicted molar refractivity (Wildman–Crippen MR) is 145 cm³/mol. The fourth-order valence-electron chi connectivity index (χ4n) is 4.28. The lowest BCUT2D eigenvalue weighted by atomic mass is 10.1. The summed E-state index contributed by atoms with van der Waals surface area (Å²) in [5.74, 6) is -0.0447. The summed E-state index contributed by atoms with van der Waals surface area (Å²) >= 11 is 3.08. The van der Waals surface area contributed by atoms with Gasteiger partial charge in [-0.25, -0.2) is 4.99 Å². The summed E-state index contributed by atoms with van der Waals surface area (Å²) in [7, 11) is 2.02. The van der Waals surface area contributed by atoms with E-state index in [0.717, 1.165) is 43.3 Å². The van der Waals surface area contributed by atoms with Gasteiger partial charge in [0, 0.05) is 17.3 Å². The second-order valence-electron chi connectivity index (χ2n) is 8.24. The van der Waals surface area contributed by atoms with Crippen molar-refractivity contribution in [3.8, 4) is 0 Å². The van der Waals surface area contributed by atoms with Crippen molar-refractivity contribution in [3.63, 3.8) is 0 Å². The molecule has 4 aromatic carbocycles. The van der Waals surface area contributed by atoms with E-state index in [1.807, 2.05) is 74.6 Å². The van der Waals surface area contributed by atoms with E-state index in [0.29, 0.717) is 10.1 Å². The van der Waals surface area contributed by atoms with Crippen molar-refractivity contribution in [2.24, 2.45) is 4.99 Å². The normalized spacial score (nSPS) is 18.9. The van der Waals surface area contributed by atoms with Crippen molar-refractivity contribution in [2.75, 3.05) is 16.8 Å². The zero-order chi connectivity index (χ0) is 23.2. The molecule has 34 heavy (non-hydrogen) atoms. The first kappa shape index (κ1) is 21.1. The Morgan fingerprint density at radius 1 is 0.824 bits per heavy atom. The molecule has 1 amide bonds. The van der Waals surface area contributed by atoms with Crippen molar-refractivity contribution in [3.05, 3.63) is 106 Å². The van der Waals surface area contributed by atoms with Crippen molar-refractivity contribution in [2.45, 2.75) is 11.8 Å². The summed E-state index contributed by atoms with van der Waals surface area (Å²) in [6, 6.07) is 30.6. The SMILES string of the molecule is Cc1cccc(N2C(=O)/C(=C3/Sc4ccccc4N3C)SC2=Nc2cccc3ccccc23)c1. The van der Waals surface area contributed by atoms with Gasteiger partial charge < -0.3 is 4.90 Å². The minimum atomic E-state index is -0.0447. The first-order valence-electron chi connectivity index (χ1n) is 11.0. The molecule has 1 saturated heterocycles. The number of aliphatic imine (C=N–C) groups is 1. The zero-order valence-electron chi connectivity index (χ0n) is 18.7. The summed E-state index contributed by atoms with van der Waals surface area (Å²) < 4.78 is 0. The molecule has 0 atom stereocenters. The number of benzene rings is 4. The molecule has 0 aliphatic carbocycles. The van der Waals surface area contributed by atoms with Gasteiger partial charge in [-0.2, -0.15) is 0 Å². The second kappa shape index (κ2) is 8.38. The summed E-state index contributed by atoms with van der Waals surface area (Å²) in [5, 5.41) is 3.80. The fourth-order valence-corrected chi connectivity index (χ4v) is 6.62. The second-order valence-corrected chi connectivity index (χ2v) is 10.2. The third-order valence-electron chi connectivity index (χ3n) is 5.96. The van der Waals surface area contributed by atoms with Gasteiger partial charge in [0.15, 0.2) is 5.17 Å². The summed E-state index contributed by atoms with van der Waals surface area (Å²) in [4.78, 5) is 24.6. The molecule has 0 N–H and O–H groups in total. The van der Waals surface area contributed by atoms with E-state index >= 15 is 0 Å². The maximum atomic E-state index is 13.9. The van der Waals surface area contributed by atoms with Gasteiger partial charge in [-0.3, -0.25) is 9.69 Å². The van der Waals surface area contributed by atoms with Crippen LogP contribution in [-0.2, 0) is 4.79 Å². The maximum absolute atomic E-state index is 13.9. The molecule has 166 valence electrons. The van der Waals surface area contributed by atoms with Crippen LogP contribution in [0.3, 0.4) is 0 Å². The Morgan fingerprint density at radius 2 is 1.59 bits per heavy atom. The lowest BCUT2D eigenvalue weighted by molar-refractivity contribution is -0.113. The van der Waals surface area contributed by atoms with Crippen LogP contribution in [0.5, 0.6) is 0 Å². The number of amides is 1. The Kier molecular flexibility index (Phi) is 5.20. The molecule has 6 heteroatoms. The number of anilines is 2. The van der Waals surface area contributed by atoms with Gasteiger partial charge in [0.05, 0.1) is 22.1 Å². The lowest BCUT2D eigenvalue weighted by Gasteiger charge is -2.17. The first-order valence-corrected chi connectivity index (χ1v) is 12.6. The summed E-state index contributed by atoms with van der Waals surface area (Å²) in [6.07, 6.45) is 0. The number of hydrogen-bond acceptors (Lipinski definition) is 5. The minimum absolute atomic E-state index is 0.0447. The summed E-state index contributed by atoms with van der Waals surface area (Å²) in [5.41, 5.74) is 3.90. The predicted octanol–water partition coefficient (Wildman–Crippen LogP) is 7.33. The molecule has 1 fully saturated rings. The number of amidine groups is 1. The van der Waals surface area contributed by atoms with Gasteiger partial charge in [-0.1, -0.05) is 72.4 Å². The van der Waals surface area contributed by atoms with Crippen LogP contribution in [0, 0.1) is 6.92 Å². The topological polar surface area (TPSA) is 35.9 Å². The highest BCUT2D eigenvalue weighted by Crippen LogP contribution is 2.50. The molecule has 0 saturated carbocycles. The molecule has 0 radical (unpaired) electrons. The summed E-state index contributed by atoms with van der Waals surface area (Å²) in [6.45, 7) is 2.04. The molecular weight excluding hydrogens is 458 g/mol. The van der Waals surface area contributed by atoms with Crippen LogP contribution in [0.2, 0.25) is 0 Å². The smallest absolute Gasteiger partial charge is 0.274 e. The quantitative estimate of drug-likeness (QED) is 0.282. The van der Waals surface area contributed by atoms with Crippen LogP contribution in [0.4, 0.5) is 17.1 Å². The highest BCUT2D eigenvalue weighted by atomic mass is 32.2. The average Bonchev–Trinajstić information content (AvgIpc) is 3.35. The van der Waals surface area contributed by atoms with E-state index in [2.05, 4.69) is 35.2 Å². The Labute approximate surface area is 207 Å². The third-order valence-corrected chi connectivity index (χ3v) is 8.35. The molecule has 6 rings (SSSR count). The Hall–Kier alpha value is -3.48. The van der Waals surface area contributed by atoms with Crippen LogP contribution in [-0.4, -0.2) is 18.1 Å². The van der Waals surface area contributed by atoms with E-state index in [-0.39, 0.29) is 5.91 Å². The molecular formula is C28H21N3OS2. The van der Waals surface area contributed by atoms with Crippen LogP contribution in [0.15, 0.2) is 111 Å². The number of thioether (sulfide) groups is 2. The van der Waals surface area contributed by atoms with Gasteiger partial charge in [0.25, 0.3) is 5.91 Å². The zero-order valence-corrected chi connectivity index (χ0v) is 20.4. The third kappa shape index (κ3) is 3.50. The fraction of sp³-hybridized carbons (Fsp3) is 0.0714.